The number of anilines is 1. The van der Waals surface area contributed by atoms with Gasteiger partial charge in [-0.3, -0.25) is 14.5 Å². The fourth-order valence-electron chi connectivity index (χ4n) is 3.21. The van der Waals surface area contributed by atoms with Crippen LogP contribution in [0, 0.1) is 0 Å². The smallest absolute Gasteiger partial charge is 0.276 e. The molecule has 2 atom stereocenters. The van der Waals surface area contributed by atoms with Crippen molar-refractivity contribution in [1.82, 2.24) is 20.4 Å². The number of carboxylic acid groups (broad SMARTS) is 1. The summed E-state index contributed by atoms with van der Waals surface area (Å²) in [5.74, 6) is -2.25. The molecule has 0 bridgehead atoms. The minimum absolute atomic E-state index is 0.0456. The Bertz CT molecular complexity index is 1220. The minimum atomic E-state index is -1.54. The van der Waals surface area contributed by atoms with Gasteiger partial charge < -0.3 is 35.4 Å². The predicted octanol–water partition coefficient (Wildman–Crippen LogP) is -0.982. The van der Waals surface area contributed by atoms with Gasteiger partial charge in [0.05, 0.1) is 18.8 Å². The van der Waals surface area contributed by atoms with E-state index < -0.39 is 34.9 Å². The van der Waals surface area contributed by atoms with Crippen LogP contribution in [0.1, 0.15) is 11.5 Å². The second kappa shape index (κ2) is 8.95. The molecule has 13 nitrogen and oxygen atoms in total. The van der Waals surface area contributed by atoms with E-state index in [4.69, 9.17) is 15.0 Å². The van der Waals surface area contributed by atoms with Gasteiger partial charge in [0, 0.05) is 17.2 Å². The van der Waals surface area contributed by atoms with Crippen LogP contribution >= 0.6 is 23.1 Å². The molecule has 172 valence electrons. The highest BCUT2D eigenvalue weighted by Gasteiger charge is 2.53. The topological polar surface area (TPSA) is 196 Å². The zero-order valence-electron chi connectivity index (χ0n) is 16.8. The number of amides is 2. The summed E-state index contributed by atoms with van der Waals surface area (Å²) in [6.45, 7) is 0. The van der Waals surface area contributed by atoms with Crippen molar-refractivity contribution >= 4 is 57.8 Å². The quantitative estimate of drug-likeness (QED) is 0.186. The van der Waals surface area contributed by atoms with Crippen molar-refractivity contribution in [1.29, 1.82) is 0 Å². The van der Waals surface area contributed by atoms with Gasteiger partial charge >= 0.3 is 0 Å². The average molecular weight is 491 g/mol. The van der Waals surface area contributed by atoms with E-state index in [0.29, 0.717) is 11.3 Å². The Morgan fingerprint density at radius 2 is 2.27 bits per heavy atom. The molecule has 0 aromatic carbocycles. The fraction of sp³-hybridized carbons (Fsp3) is 0.222. The van der Waals surface area contributed by atoms with Crippen molar-refractivity contribution in [3.8, 4) is 5.88 Å². The van der Waals surface area contributed by atoms with E-state index in [-0.39, 0.29) is 28.2 Å². The van der Waals surface area contributed by atoms with Gasteiger partial charge in [-0.1, -0.05) is 11.2 Å². The fourth-order valence-corrected chi connectivity index (χ4v) is 5.07. The molecule has 4 rings (SSSR count). The number of β-lactam (4-membered cyclic amide) rings is 1. The van der Waals surface area contributed by atoms with Gasteiger partial charge in [0.15, 0.2) is 16.6 Å². The first-order valence-electron chi connectivity index (χ1n) is 9.16. The lowest BCUT2D eigenvalue weighted by molar-refractivity contribution is -0.301. The number of hydrogen-bond acceptors (Lipinski definition) is 13. The SMILES string of the molecule is COc1cc(/C=C/C2=C(C(=O)[O-])N3C(=O)C(NC(=O)/C(=N/O)c4csc(N)n4)[C@@H]3SC2)on1. The maximum atomic E-state index is 12.7. The Balaban J connectivity index is 1.51. The standard InChI is InChI=1S/C18H16N6O7S2/c1-30-10-4-8(31-23-10)3-2-7-5-32-16-12(15(26)24(16)13(7)17(27)28)21-14(25)11(22-29)9-6-33-18(19)20-9/h2-4,6,12,16,29H,5H2,1H3,(H2,19,20)(H,21,25)(H,27,28)/p-1/b3-2+,22-11+/t12?,16-/m0/s1. The molecular formula is C18H15N6O7S2-. The summed E-state index contributed by atoms with van der Waals surface area (Å²) in [7, 11) is 1.42. The molecule has 2 aliphatic rings. The van der Waals surface area contributed by atoms with Crippen molar-refractivity contribution in [2.24, 2.45) is 5.16 Å². The zero-order valence-corrected chi connectivity index (χ0v) is 18.4. The number of nitrogens with zero attached hydrogens (tertiary/aromatic N) is 4. The summed E-state index contributed by atoms with van der Waals surface area (Å²) in [5, 5.41) is 31.0. The lowest BCUT2D eigenvalue weighted by Crippen LogP contribution is -2.71. The van der Waals surface area contributed by atoms with E-state index in [2.05, 4.69) is 20.6 Å². The van der Waals surface area contributed by atoms with E-state index in [1.807, 2.05) is 0 Å². The van der Waals surface area contributed by atoms with Crippen LogP contribution in [0.5, 0.6) is 5.88 Å². The third-order valence-corrected chi connectivity index (χ3v) is 6.70. The number of nitrogens with two attached hydrogens (primary N) is 1. The van der Waals surface area contributed by atoms with Crippen molar-refractivity contribution in [3.63, 3.8) is 0 Å². The molecule has 2 amide bonds. The lowest BCUT2D eigenvalue weighted by atomic mass is 10.0. The molecule has 0 spiro atoms. The number of thioether (sulfide) groups is 1. The summed E-state index contributed by atoms with van der Waals surface area (Å²) >= 11 is 2.29. The van der Waals surface area contributed by atoms with Crippen molar-refractivity contribution < 1.29 is 34.0 Å². The maximum absolute atomic E-state index is 12.7. The summed E-state index contributed by atoms with van der Waals surface area (Å²) in [6, 6.07) is 0.471. The van der Waals surface area contributed by atoms with Crippen LogP contribution in [0.3, 0.4) is 0 Å². The number of ether oxygens (including phenoxy) is 1. The number of aromatic nitrogens is 2. The number of carbonyl (C=O) groups is 3. The van der Waals surface area contributed by atoms with E-state index in [1.54, 1.807) is 0 Å². The number of hydrogen-bond donors (Lipinski definition) is 3. The number of rotatable bonds is 7. The van der Waals surface area contributed by atoms with Crippen molar-refractivity contribution in [2.45, 2.75) is 11.4 Å². The molecule has 1 saturated heterocycles. The van der Waals surface area contributed by atoms with Crippen LogP contribution in [0.15, 0.2) is 38.5 Å². The molecule has 0 aliphatic carbocycles. The lowest BCUT2D eigenvalue weighted by Gasteiger charge is -2.50. The Kier molecular flexibility index (Phi) is 6.06. The highest BCUT2D eigenvalue weighted by atomic mass is 32.2. The average Bonchev–Trinajstić information content (AvgIpc) is 3.44. The number of methoxy groups -OCH3 is 1. The number of nitrogen functional groups attached to an aromatic ring is 1. The van der Waals surface area contributed by atoms with E-state index in [1.165, 1.54) is 42.5 Å². The van der Waals surface area contributed by atoms with Crippen LogP contribution in [0.25, 0.3) is 6.08 Å². The predicted molar refractivity (Wildman–Crippen MR) is 114 cm³/mol. The highest BCUT2D eigenvalue weighted by Crippen LogP contribution is 2.40. The zero-order chi connectivity index (χ0) is 23.7. The Labute approximate surface area is 193 Å². The maximum Gasteiger partial charge on any atom is 0.276 e. The number of nitrogens with one attached hydrogen (secondary N) is 1. The molecule has 1 unspecified atom stereocenters. The second-order valence-electron chi connectivity index (χ2n) is 6.65. The summed E-state index contributed by atoms with van der Waals surface area (Å²) in [6.07, 6.45) is 2.97. The molecular weight excluding hydrogens is 476 g/mol. The van der Waals surface area contributed by atoms with Crippen LogP contribution < -0.4 is 20.9 Å². The van der Waals surface area contributed by atoms with Crippen LogP contribution in [0.4, 0.5) is 5.13 Å². The number of thiazole rings is 1. The normalized spacial score (nSPS) is 20.6. The molecule has 33 heavy (non-hydrogen) atoms. The van der Waals surface area contributed by atoms with Crippen LogP contribution in [0.2, 0.25) is 0 Å². The van der Waals surface area contributed by atoms with Gasteiger partial charge in [0.2, 0.25) is 0 Å². The number of carboxylic acids is 1. The summed E-state index contributed by atoms with van der Waals surface area (Å²) in [4.78, 5) is 42.0. The number of aliphatic carboxylic acids is 1. The molecule has 4 N–H and O–H groups in total. The molecule has 2 aliphatic heterocycles. The van der Waals surface area contributed by atoms with Crippen LogP contribution in [-0.4, -0.2) is 68.0 Å². The van der Waals surface area contributed by atoms with Crippen LogP contribution in [-0.2, 0) is 14.4 Å². The van der Waals surface area contributed by atoms with E-state index in [9.17, 15) is 24.7 Å². The van der Waals surface area contributed by atoms with Gasteiger partial charge in [-0.15, -0.1) is 23.1 Å². The first kappa shape index (κ1) is 22.3. The van der Waals surface area contributed by atoms with Gasteiger partial charge in [-0.05, 0) is 16.8 Å². The first-order valence-corrected chi connectivity index (χ1v) is 11.1. The number of carbonyl (C=O) groups excluding carboxylic acids is 3. The largest absolute Gasteiger partial charge is 0.543 e. The number of fused-ring (bicyclic) bond motifs is 1. The highest BCUT2D eigenvalue weighted by molar-refractivity contribution is 8.00. The van der Waals surface area contributed by atoms with Gasteiger partial charge in [0.1, 0.15) is 17.1 Å². The number of oxime groups is 1. The molecule has 2 aromatic rings. The van der Waals surface area contributed by atoms with Gasteiger partial charge in [-0.2, -0.15) is 0 Å². The monoisotopic (exact) mass is 491 g/mol. The molecule has 4 heterocycles. The Morgan fingerprint density at radius 3 is 2.88 bits per heavy atom. The third kappa shape index (κ3) is 4.14. The summed E-state index contributed by atoms with van der Waals surface area (Å²) < 4.78 is 9.95. The van der Waals surface area contributed by atoms with Crippen molar-refractivity contribution in [2.75, 3.05) is 18.6 Å². The molecule has 2 aromatic heterocycles. The second-order valence-corrected chi connectivity index (χ2v) is 8.64. The Hall–Kier alpha value is -3.85. The Morgan fingerprint density at radius 1 is 1.48 bits per heavy atom. The van der Waals surface area contributed by atoms with E-state index in [0.717, 1.165) is 16.2 Å². The van der Waals surface area contributed by atoms with Gasteiger partial charge in [0.25, 0.3) is 17.7 Å². The summed E-state index contributed by atoms with van der Waals surface area (Å²) in [5.41, 5.74) is 5.17. The first-order chi connectivity index (χ1) is 15.8. The van der Waals surface area contributed by atoms with Gasteiger partial charge in [-0.25, -0.2) is 4.98 Å². The van der Waals surface area contributed by atoms with E-state index >= 15 is 0 Å². The minimum Gasteiger partial charge on any atom is -0.543 e. The molecule has 15 heteroatoms. The van der Waals surface area contributed by atoms with Crippen molar-refractivity contribution in [3.05, 3.63) is 40.2 Å². The molecule has 0 saturated carbocycles. The number of allylic oxidation sites excluding steroid dienone is 1. The molecule has 1 fully saturated rings. The third-order valence-electron chi connectivity index (χ3n) is 4.72. The molecule has 0 radical (unpaired) electrons.